The first kappa shape index (κ1) is 14.4. The van der Waals surface area contributed by atoms with Gasteiger partial charge in [0.15, 0.2) is 0 Å². The quantitative estimate of drug-likeness (QED) is 0.865. The third-order valence-corrected chi connectivity index (χ3v) is 4.42. The molecule has 0 fully saturated rings. The van der Waals surface area contributed by atoms with E-state index >= 15 is 0 Å². The number of nitrogens with one attached hydrogen (secondary N) is 1. The fourth-order valence-corrected chi connectivity index (χ4v) is 3.28. The van der Waals surface area contributed by atoms with E-state index in [2.05, 4.69) is 43.4 Å². The van der Waals surface area contributed by atoms with Gasteiger partial charge in [-0.1, -0.05) is 35.4 Å². The molecule has 21 heavy (non-hydrogen) atoms. The predicted octanol–water partition coefficient (Wildman–Crippen LogP) is 4.74. The van der Waals surface area contributed by atoms with Gasteiger partial charge in [-0.05, 0) is 50.2 Å². The fourth-order valence-electron chi connectivity index (χ4n) is 3.05. The Morgan fingerprint density at radius 3 is 2.62 bits per heavy atom. The third-order valence-electron chi connectivity index (χ3n) is 4.19. The van der Waals surface area contributed by atoms with Crippen molar-refractivity contribution in [2.24, 2.45) is 0 Å². The van der Waals surface area contributed by atoms with E-state index in [4.69, 9.17) is 16.3 Å². The van der Waals surface area contributed by atoms with E-state index in [0.29, 0.717) is 6.04 Å². The molecule has 0 amide bonds. The highest BCUT2D eigenvalue weighted by Crippen LogP contribution is 2.41. The van der Waals surface area contributed by atoms with Gasteiger partial charge in [-0.3, -0.25) is 0 Å². The van der Waals surface area contributed by atoms with Crippen LogP contribution in [0.5, 0.6) is 5.75 Å². The van der Waals surface area contributed by atoms with Gasteiger partial charge in [0.2, 0.25) is 0 Å². The highest BCUT2D eigenvalue weighted by atomic mass is 35.5. The number of ether oxygens (including phenoxy) is 1. The zero-order valence-corrected chi connectivity index (χ0v) is 13.4. The van der Waals surface area contributed by atoms with Crippen LogP contribution in [0.25, 0.3) is 0 Å². The van der Waals surface area contributed by atoms with Crippen LogP contribution in [0.15, 0.2) is 36.4 Å². The SMILES string of the molecule is CNC1CC(c2ccc(Cl)cc2C)Oc2ccc(C)cc21. The summed E-state index contributed by atoms with van der Waals surface area (Å²) in [6.45, 7) is 4.20. The van der Waals surface area contributed by atoms with Crippen molar-refractivity contribution in [1.29, 1.82) is 0 Å². The third kappa shape index (κ3) is 2.78. The van der Waals surface area contributed by atoms with Crippen molar-refractivity contribution in [2.45, 2.75) is 32.4 Å². The van der Waals surface area contributed by atoms with Crippen molar-refractivity contribution in [3.63, 3.8) is 0 Å². The molecule has 1 aliphatic rings. The molecule has 0 aliphatic carbocycles. The Hall–Kier alpha value is -1.51. The minimum absolute atomic E-state index is 0.0647. The normalized spacial score (nSPS) is 20.8. The average molecular weight is 302 g/mol. The second-order valence-corrected chi connectivity index (χ2v) is 6.16. The molecule has 1 heterocycles. The summed E-state index contributed by atoms with van der Waals surface area (Å²) in [5.74, 6) is 0.977. The maximum atomic E-state index is 6.24. The largest absolute Gasteiger partial charge is 0.485 e. The highest BCUT2D eigenvalue weighted by Gasteiger charge is 2.29. The summed E-state index contributed by atoms with van der Waals surface area (Å²) < 4.78 is 6.24. The van der Waals surface area contributed by atoms with Crippen LogP contribution in [-0.4, -0.2) is 7.05 Å². The summed E-state index contributed by atoms with van der Waals surface area (Å²) in [7, 11) is 2.01. The average Bonchev–Trinajstić information content (AvgIpc) is 2.46. The molecule has 2 atom stereocenters. The van der Waals surface area contributed by atoms with Gasteiger partial charge in [0.05, 0.1) is 0 Å². The van der Waals surface area contributed by atoms with Crippen molar-refractivity contribution in [3.05, 3.63) is 63.7 Å². The van der Waals surface area contributed by atoms with Gasteiger partial charge < -0.3 is 10.1 Å². The number of fused-ring (bicyclic) bond motifs is 1. The van der Waals surface area contributed by atoms with Gasteiger partial charge in [0.1, 0.15) is 11.9 Å². The summed E-state index contributed by atoms with van der Waals surface area (Å²) >= 11 is 6.06. The molecule has 1 aliphatic heterocycles. The topological polar surface area (TPSA) is 21.3 Å². The molecule has 0 radical (unpaired) electrons. The Bertz CT molecular complexity index is 668. The second kappa shape index (κ2) is 5.70. The smallest absolute Gasteiger partial charge is 0.126 e. The maximum Gasteiger partial charge on any atom is 0.126 e. The zero-order valence-electron chi connectivity index (χ0n) is 12.6. The van der Waals surface area contributed by atoms with E-state index in [1.807, 2.05) is 19.2 Å². The van der Waals surface area contributed by atoms with E-state index in [1.54, 1.807) is 0 Å². The number of rotatable bonds is 2. The molecule has 3 rings (SSSR count). The van der Waals surface area contributed by atoms with E-state index < -0.39 is 0 Å². The molecule has 1 N–H and O–H groups in total. The molecule has 0 spiro atoms. The second-order valence-electron chi connectivity index (χ2n) is 5.73. The van der Waals surface area contributed by atoms with E-state index in [0.717, 1.165) is 17.2 Å². The number of halogens is 1. The zero-order chi connectivity index (χ0) is 15.0. The van der Waals surface area contributed by atoms with Crippen LogP contribution in [0.1, 0.15) is 40.8 Å². The first-order chi connectivity index (χ1) is 10.1. The van der Waals surface area contributed by atoms with Crippen LogP contribution in [0.2, 0.25) is 5.02 Å². The van der Waals surface area contributed by atoms with Gasteiger partial charge >= 0.3 is 0 Å². The Kier molecular flexibility index (Phi) is 3.92. The summed E-state index contributed by atoms with van der Waals surface area (Å²) in [5.41, 5.74) is 4.91. The Labute approximate surface area is 131 Å². The Morgan fingerprint density at radius 2 is 1.90 bits per heavy atom. The lowest BCUT2D eigenvalue weighted by molar-refractivity contribution is 0.153. The molecular formula is C18H20ClNO. The predicted molar refractivity (Wildman–Crippen MR) is 87.2 cm³/mol. The van der Waals surface area contributed by atoms with Crippen molar-refractivity contribution < 1.29 is 4.74 Å². The van der Waals surface area contributed by atoms with Gasteiger partial charge in [0.25, 0.3) is 0 Å². The van der Waals surface area contributed by atoms with Crippen LogP contribution >= 0.6 is 11.6 Å². The van der Waals surface area contributed by atoms with Crippen molar-refractivity contribution in [2.75, 3.05) is 7.05 Å². The van der Waals surface area contributed by atoms with Crippen molar-refractivity contribution >= 4 is 11.6 Å². The van der Waals surface area contributed by atoms with E-state index in [-0.39, 0.29) is 6.10 Å². The minimum atomic E-state index is 0.0647. The van der Waals surface area contributed by atoms with Crippen molar-refractivity contribution in [3.8, 4) is 5.75 Å². The Morgan fingerprint density at radius 1 is 1.10 bits per heavy atom. The van der Waals surface area contributed by atoms with Gasteiger partial charge in [-0.2, -0.15) is 0 Å². The molecule has 2 unspecified atom stereocenters. The minimum Gasteiger partial charge on any atom is -0.485 e. The highest BCUT2D eigenvalue weighted by molar-refractivity contribution is 6.30. The molecule has 3 heteroatoms. The first-order valence-corrected chi connectivity index (χ1v) is 7.67. The molecule has 2 nitrogen and oxygen atoms in total. The Balaban J connectivity index is 1.98. The lowest BCUT2D eigenvalue weighted by atomic mass is 9.90. The van der Waals surface area contributed by atoms with E-state index in [1.165, 1.54) is 22.3 Å². The van der Waals surface area contributed by atoms with Crippen LogP contribution in [-0.2, 0) is 0 Å². The summed E-state index contributed by atoms with van der Waals surface area (Å²) in [6.07, 6.45) is 0.991. The van der Waals surface area contributed by atoms with Gasteiger partial charge in [-0.15, -0.1) is 0 Å². The van der Waals surface area contributed by atoms with Crippen LogP contribution in [0.3, 0.4) is 0 Å². The molecule has 2 aromatic carbocycles. The molecule has 0 aromatic heterocycles. The summed E-state index contributed by atoms with van der Waals surface area (Å²) in [4.78, 5) is 0. The van der Waals surface area contributed by atoms with Crippen molar-refractivity contribution in [1.82, 2.24) is 5.32 Å². The number of hydrogen-bond donors (Lipinski definition) is 1. The lowest BCUT2D eigenvalue weighted by Crippen LogP contribution is -2.27. The number of benzene rings is 2. The first-order valence-electron chi connectivity index (χ1n) is 7.29. The van der Waals surface area contributed by atoms with E-state index in [9.17, 15) is 0 Å². The number of hydrogen-bond acceptors (Lipinski definition) is 2. The molecule has 0 saturated heterocycles. The standard InChI is InChI=1S/C18H20ClNO/c1-11-4-7-17-15(8-11)16(20-3)10-18(21-17)14-6-5-13(19)9-12(14)2/h4-9,16,18,20H,10H2,1-3H3. The lowest BCUT2D eigenvalue weighted by Gasteiger charge is -2.33. The fraction of sp³-hybridized carbons (Fsp3) is 0.333. The molecule has 110 valence electrons. The monoisotopic (exact) mass is 301 g/mol. The van der Waals surface area contributed by atoms with Crippen LogP contribution < -0.4 is 10.1 Å². The number of aryl methyl sites for hydroxylation is 2. The summed E-state index contributed by atoms with van der Waals surface area (Å²) in [6, 6.07) is 12.7. The van der Waals surface area contributed by atoms with Crippen LogP contribution in [0.4, 0.5) is 0 Å². The molecule has 0 saturated carbocycles. The molecular weight excluding hydrogens is 282 g/mol. The van der Waals surface area contributed by atoms with Gasteiger partial charge in [0, 0.05) is 23.0 Å². The molecule has 2 aromatic rings. The van der Waals surface area contributed by atoms with Crippen LogP contribution in [0, 0.1) is 13.8 Å². The maximum absolute atomic E-state index is 6.24. The van der Waals surface area contributed by atoms with Gasteiger partial charge in [-0.25, -0.2) is 0 Å². The molecule has 0 bridgehead atoms. The summed E-state index contributed by atoms with van der Waals surface area (Å²) in [5, 5.41) is 4.18.